The highest BCUT2D eigenvalue weighted by molar-refractivity contribution is 5.94. The molecule has 6 nitrogen and oxygen atoms in total. The molecule has 3 fully saturated rings. The molecule has 186 valence electrons. The largest absolute Gasteiger partial charge is 0.504 e. The van der Waals surface area contributed by atoms with Crippen LogP contribution in [0.15, 0.2) is 42.5 Å². The van der Waals surface area contributed by atoms with Crippen LogP contribution >= 0.6 is 0 Å². The van der Waals surface area contributed by atoms with Crippen LogP contribution < -0.4 is 4.74 Å². The molecule has 2 bridgehead atoms. The molecular formula is C30H32N2O4. The van der Waals surface area contributed by atoms with E-state index in [9.17, 15) is 15.0 Å². The highest BCUT2D eigenvalue weighted by Crippen LogP contribution is 2.66. The zero-order valence-corrected chi connectivity index (χ0v) is 20.6. The van der Waals surface area contributed by atoms with Gasteiger partial charge in [0.2, 0.25) is 0 Å². The van der Waals surface area contributed by atoms with Crippen LogP contribution in [0, 0.1) is 17.8 Å². The van der Waals surface area contributed by atoms with Gasteiger partial charge in [-0.2, -0.15) is 0 Å². The highest BCUT2D eigenvalue weighted by Gasteiger charge is 2.73. The Bertz CT molecular complexity index is 1300. The van der Waals surface area contributed by atoms with Crippen molar-refractivity contribution in [1.29, 1.82) is 0 Å². The maximum Gasteiger partial charge on any atom is 0.298 e. The third kappa shape index (κ3) is 2.96. The molecule has 0 unspecified atom stereocenters. The fourth-order valence-corrected chi connectivity index (χ4v) is 7.74. The van der Waals surface area contributed by atoms with Gasteiger partial charge in [-0.3, -0.25) is 9.69 Å². The van der Waals surface area contributed by atoms with Crippen LogP contribution in [-0.2, 0) is 16.6 Å². The first-order valence-electron chi connectivity index (χ1n) is 13.2. The van der Waals surface area contributed by atoms with Crippen molar-refractivity contribution in [3.63, 3.8) is 0 Å². The van der Waals surface area contributed by atoms with Crippen molar-refractivity contribution in [2.45, 2.75) is 67.7 Å². The van der Waals surface area contributed by atoms with Crippen molar-refractivity contribution in [3.05, 3.63) is 59.2 Å². The summed E-state index contributed by atoms with van der Waals surface area (Å²) in [4.78, 5) is 17.4. The molecule has 1 saturated heterocycles. The third-order valence-electron chi connectivity index (χ3n) is 9.64. The fourth-order valence-electron chi connectivity index (χ4n) is 7.74. The van der Waals surface area contributed by atoms with Gasteiger partial charge in [-0.25, -0.2) is 0 Å². The van der Waals surface area contributed by atoms with Crippen LogP contribution in [0.4, 0.5) is 0 Å². The van der Waals surface area contributed by atoms with Crippen molar-refractivity contribution < 1.29 is 19.7 Å². The van der Waals surface area contributed by atoms with E-state index < -0.39 is 17.1 Å². The molecule has 1 spiro atoms. The number of phenols is 1. The van der Waals surface area contributed by atoms with Gasteiger partial charge >= 0.3 is 0 Å². The van der Waals surface area contributed by atoms with Gasteiger partial charge in [0, 0.05) is 36.7 Å². The average molecular weight is 485 g/mol. The fraction of sp³-hybridized carbons (Fsp3) is 0.500. The number of hydrogen-bond donors (Lipinski definition) is 2. The second-order valence-corrected chi connectivity index (χ2v) is 11.4. The summed E-state index contributed by atoms with van der Waals surface area (Å²) in [5.74, 6) is 6.91. The first-order valence-corrected chi connectivity index (χ1v) is 13.2. The normalized spacial score (nSPS) is 33.7. The molecule has 6 heteroatoms. The predicted molar refractivity (Wildman–Crippen MR) is 135 cm³/mol. The zero-order chi connectivity index (χ0) is 24.7. The van der Waals surface area contributed by atoms with Crippen molar-refractivity contribution in [1.82, 2.24) is 9.80 Å². The molecule has 2 heterocycles. The number of nitrogens with zero attached hydrogens (tertiary/aromatic N) is 2. The standard InChI is InChI=1S/C30H32N2O4/c1-31(25(34)12-9-19-5-3-2-4-6-19)22-13-14-30(35)24-17-21-10-11-23(33)27-26(21)29(30,28(22)36-27)15-16-32(24)18-20-7-8-20/h2-6,10-11,20,22,24,28,33,35H,7-8,13-18H2,1H3/t22-,24-,28-,29-,30+/m0/s1. The average Bonchev–Trinajstić information content (AvgIpc) is 3.63. The highest BCUT2D eigenvalue weighted by atomic mass is 16.5. The quantitative estimate of drug-likeness (QED) is 0.656. The van der Waals surface area contributed by atoms with Gasteiger partial charge in [0.05, 0.1) is 17.1 Å². The number of carbonyl (C=O) groups excluding carboxylic acids is 1. The van der Waals surface area contributed by atoms with Crippen LogP contribution in [0.2, 0.25) is 0 Å². The van der Waals surface area contributed by atoms with E-state index in [4.69, 9.17) is 4.74 Å². The maximum atomic E-state index is 13.2. The number of carbonyl (C=O) groups is 1. The number of hydrogen-bond acceptors (Lipinski definition) is 5. The number of amides is 1. The molecule has 2 saturated carbocycles. The number of likely N-dealkylation sites (tertiary alicyclic amines) is 1. The summed E-state index contributed by atoms with van der Waals surface area (Å²) in [6.07, 6.45) is 4.91. The molecule has 2 aromatic carbocycles. The van der Waals surface area contributed by atoms with Crippen molar-refractivity contribution in [3.8, 4) is 23.3 Å². The molecule has 1 amide bonds. The van der Waals surface area contributed by atoms with E-state index in [1.54, 1.807) is 18.0 Å². The van der Waals surface area contributed by atoms with Gasteiger partial charge < -0.3 is 19.8 Å². The minimum atomic E-state index is -0.951. The second-order valence-electron chi connectivity index (χ2n) is 11.4. The van der Waals surface area contributed by atoms with Crippen molar-refractivity contribution >= 4 is 5.91 Å². The lowest BCUT2D eigenvalue weighted by Crippen LogP contribution is -2.78. The van der Waals surface area contributed by atoms with Gasteiger partial charge in [0.15, 0.2) is 11.5 Å². The van der Waals surface area contributed by atoms with Gasteiger partial charge in [-0.1, -0.05) is 30.2 Å². The van der Waals surface area contributed by atoms with E-state index in [1.807, 2.05) is 36.4 Å². The summed E-state index contributed by atoms with van der Waals surface area (Å²) >= 11 is 0. The number of aromatic hydroxyl groups is 1. The predicted octanol–water partition coefficient (Wildman–Crippen LogP) is 2.84. The number of aliphatic hydroxyl groups is 1. The topological polar surface area (TPSA) is 73.2 Å². The van der Waals surface area contributed by atoms with Crippen molar-refractivity contribution in [2.24, 2.45) is 5.92 Å². The first-order chi connectivity index (χ1) is 17.4. The Morgan fingerprint density at radius 3 is 2.75 bits per heavy atom. The van der Waals surface area contributed by atoms with Gasteiger partial charge in [0.1, 0.15) is 6.10 Å². The number of piperidine rings is 1. The molecule has 5 aliphatic rings. The number of ether oxygens (including phenoxy) is 1. The monoisotopic (exact) mass is 484 g/mol. The summed E-state index contributed by atoms with van der Waals surface area (Å²) in [7, 11) is 1.79. The maximum absolute atomic E-state index is 13.2. The smallest absolute Gasteiger partial charge is 0.298 e. The molecule has 0 aromatic heterocycles. The van der Waals surface area contributed by atoms with E-state index in [2.05, 4.69) is 16.7 Å². The lowest BCUT2D eigenvalue weighted by Gasteiger charge is -2.64. The third-order valence-corrected chi connectivity index (χ3v) is 9.64. The van der Waals surface area contributed by atoms with Crippen LogP contribution in [0.5, 0.6) is 11.5 Å². The van der Waals surface area contributed by atoms with Crippen LogP contribution in [-0.4, -0.2) is 69.8 Å². The Hall–Kier alpha value is -3.01. The van der Waals surface area contributed by atoms with Crippen LogP contribution in [0.25, 0.3) is 0 Å². The zero-order valence-electron chi connectivity index (χ0n) is 20.6. The number of benzene rings is 2. The Morgan fingerprint density at radius 2 is 1.97 bits per heavy atom. The van der Waals surface area contributed by atoms with E-state index >= 15 is 0 Å². The molecule has 0 radical (unpaired) electrons. The van der Waals surface area contributed by atoms with E-state index in [-0.39, 0.29) is 23.7 Å². The molecule has 2 aliphatic heterocycles. The lowest BCUT2D eigenvalue weighted by atomic mass is 9.48. The van der Waals surface area contributed by atoms with E-state index in [0.29, 0.717) is 18.6 Å². The minimum absolute atomic E-state index is 0.0285. The Labute approximate surface area is 211 Å². The molecule has 2 N–H and O–H groups in total. The molecule has 7 rings (SSSR count). The second kappa shape index (κ2) is 7.74. The number of rotatable bonds is 3. The molecule has 3 aliphatic carbocycles. The van der Waals surface area contributed by atoms with E-state index in [0.717, 1.165) is 43.0 Å². The minimum Gasteiger partial charge on any atom is -0.504 e. The Balaban J connectivity index is 1.27. The van der Waals surface area contributed by atoms with Gasteiger partial charge in [0.25, 0.3) is 5.91 Å². The van der Waals surface area contributed by atoms with Crippen LogP contribution in [0.3, 0.4) is 0 Å². The summed E-state index contributed by atoms with van der Waals surface area (Å²) in [6.45, 7) is 1.95. The van der Waals surface area contributed by atoms with Gasteiger partial charge in [-0.05, 0) is 74.8 Å². The summed E-state index contributed by atoms with van der Waals surface area (Å²) < 4.78 is 6.58. The molecule has 36 heavy (non-hydrogen) atoms. The molecule has 2 aromatic rings. The van der Waals surface area contributed by atoms with Crippen molar-refractivity contribution in [2.75, 3.05) is 20.1 Å². The van der Waals surface area contributed by atoms with E-state index in [1.165, 1.54) is 18.4 Å². The number of phenolic OH excluding ortho intramolecular Hbond substituents is 1. The summed E-state index contributed by atoms with van der Waals surface area (Å²) in [5, 5.41) is 23.4. The summed E-state index contributed by atoms with van der Waals surface area (Å²) in [5.41, 5.74) is 1.36. The SMILES string of the molecule is CN(C(=O)C#Cc1ccccc1)[C@H]1CC[C@@]2(O)[C@@H]3Cc4ccc(O)c5c4[C@@]2(CCN3CC2CC2)[C@H]1O5. The summed E-state index contributed by atoms with van der Waals surface area (Å²) in [6, 6.07) is 13.0. The first kappa shape index (κ1) is 22.2. The van der Waals surface area contributed by atoms with Gasteiger partial charge in [-0.15, -0.1) is 0 Å². The Kier molecular flexibility index (Phi) is 4.78. The van der Waals surface area contributed by atoms with Crippen LogP contribution in [0.1, 0.15) is 48.8 Å². The molecular weight excluding hydrogens is 452 g/mol. The Morgan fingerprint density at radius 1 is 1.17 bits per heavy atom. The molecule has 5 atom stereocenters. The number of likely N-dealkylation sites (N-methyl/N-ethyl adjacent to an activating group) is 1. The lowest BCUT2D eigenvalue weighted by molar-refractivity contribution is -0.199.